The van der Waals surface area contributed by atoms with E-state index >= 15 is 0 Å². The number of rotatable bonds is 14. The standard InChI is InChI=1S/C28H34O11/c1-28(34,15-23(29)30)16-24(31)39-11-7-9-18-14-22(37-4)26(33)27(38-5)19(18)10-6-8-17-12-20(35-2)25(32)21(13-17)36-3/h6-9,12-14,32-34H,10-11,15-16H2,1-5H3,(H,29,30)/b8-6+,9-7+/t28-/m0/s1. The van der Waals surface area contributed by atoms with Crippen molar-refractivity contribution in [2.24, 2.45) is 0 Å². The van der Waals surface area contributed by atoms with Crippen molar-refractivity contribution in [1.29, 1.82) is 0 Å². The minimum Gasteiger partial charge on any atom is -0.502 e. The van der Waals surface area contributed by atoms with Crippen LogP contribution in [0.1, 0.15) is 36.5 Å². The number of carbonyl (C=O) groups excluding carboxylic acids is 1. The number of methoxy groups -OCH3 is 4. The Bertz CT molecular complexity index is 1200. The van der Waals surface area contributed by atoms with E-state index in [4.69, 9.17) is 28.8 Å². The molecule has 0 radical (unpaired) electrons. The Hall–Kier alpha value is -4.38. The number of carboxylic acid groups (broad SMARTS) is 1. The molecule has 1 atom stereocenters. The second kappa shape index (κ2) is 14.0. The normalized spacial score (nSPS) is 12.8. The first-order chi connectivity index (χ1) is 18.5. The first kappa shape index (κ1) is 30.8. The lowest BCUT2D eigenvalue weighted by Crippen LogP contribution is -2.31. The van der Waals surface area contributed by atoms with E-state index in [1.165, 1.54) is 35.4 Å². The molecule has 2 aromatic rings. The molecule has 0 aliphatic heterocycles. The molecule has 0 spiro atoms. The summed E-state index contributed by atoms with van der Waals surface area (Å²) in [6, 6.07) is 4.88. The topological polar surface area (TPSA) is 161 Å². The molecule has 0 aliphatic rings. The van der Waals surface area contributed by atoms with Gasteiger partial charge in [-0.1, -0.05) is 18.2 Å². The summed E-state index contributed by atoms with van der Waals surface area (Å²) in [7, 11) is 5.68. The molecule has 0 saturated heterocycles. The van der Waals surface area contributed by atoms with Crippen LogP contribution in [-0.2, 0) is 20.7 Å². The highest BCUT2D eigenvalue weighted by Crippen LogP contribution is 2.42. The monoisotopic (exact) mass is 546 g/mol. The van der Waals surface area contributed by atoms with E-state index in [-0.39, 0.29) is 41.1 Å². The molecular weight excluding hydrogens is 512 g/mol. The van der Waals surface area contributed by atoms with Crippen LogP contribution in [0.4, 0.5) is 0 Å². The molecule has 0 unspecified atom stereocenters. The van der Waals surface area contributed by atoms with Crippen molar-refractivity contribution in [3.8, 4) is 34.5 Å². The van der Waals surface area contributed by atoms with Gasteiger partial charge in [-0.25, -0.2) is 0 Å². The molecule has 0 bridgehead atoms. The van der Waals surface area contributed by atoms with E-state index in [0.29, 0.717) is 23.1 Å². The highest BCUT2D eigenvalue weighted by Gasteiger charge is 2.28. The Balaban J connectivity index is 2.27. The quantitative estimate of drug-likeness (QED) is 0.256. The summed E-state index contributed by atoms with van der Waals surface area (Å²) < 4.78 is 26.2. The van der Waals surface area contributed by atoms with Crippen LogP contribution in [0.2, 0.25) is 0 Å². The van der Waals surface area contributed by atoms with Crippen molar-refractivity contribution in [3.05, 3.63) is 47.0 Å². The Morgan fingerprint density at radius 2 is 1.44 bits per heavy atom. The summed E-state index contributed by atoms with van der Waals surface area (Å²) in [5.41, 5.74) is 0.189. The van der Waals surface area contributed by atoms with Gasteiger partial charge in [-0.15, -0.1) is 0 Å². The van der Waals surface area contributed by atoms with Gasteiger partial charge in [0.25, 0.3) is 0 Å². The number of esters is 1. The molecule has 4 N–H and O–H groups in total. The van der Waals surface area contributed by atoms with Crippen LogP contribution in [0.3, 0.4) is 0 Å². The van der Waals surface area contributed by atoms with E-state index in [0.717, 1.165) is 0 Å². The molecule has 11 nitrogen and oxygen atoms in total. The highest BCUT2D eigenvalue weighted by atomic mass is 16.5. The van der Waals surface area contributed by atoms with Crippen LogP contribution in [0.25, 0.3) is 12.2 Å². The molecule has 0 amide bonds. The van der Waals surface area contributed by atoms with Crippen LogP contribution >= 0.6 is 0 Å². The van der Waals surface area contributed by atoms with Crippen LogP contribution in [0.5, 0.6) is 34.5 Å². The van der Waals surface area contributed by atoms with Gasteiger partial charge in [0.15, 0.2) is 23.0 Å². The number of aliphatic carboxylic acids is 1. The van der Waals surface area contributed by atoms with Crippen molar-refractivity contribution in [2.45, 2.75) is 31.8 Å². The van der Waals surface area contributed by atoms with E-state index in [9.17, 15) is 24.9 Å². The maximum atomic E-state index is 12.0. The number of allylic oxidation sites excluding steroid dienone is 1. The smallest absolute Gasteiger partial charge is 0.309 e. The van der Waals surface area contributed by atoms with Crippen LogP contribution in [-0.4, -0.2) is 73.0 Å². The van der Waals surface area contributed by atoms with Crippen LogP contribution in [0, 0.1) is 0 Å². The van der Waals surface area contributed by atoms with Crippen LogP contribution in [0.15, 0.2) is 30.4 Å². The van der Waals surface area contributed by atoms with Gasteiger partial charge in [0.05, 0.1) is 46.9 Å². The first-order valence-corrected chi connectivity index (χ1v) is 11.8. The van der Waals surface area contributed by atoms with E-state index in [2.05, 4.69) is 0 Å². The van der Waals surface area contributed by atoms with Gasteiger partial charge < -0.3 is 44.1 Å². The number of aliphatic hydroxyl groups is 1. The zero-order chi connectivity index (χ0) is 29.2. The second-order valence-corrected chi connectivity index (χ2v) is 8.74. The summed E-state index contributed by atoms with van der Waals surface area (Å²) >= 11 is 0. The number of hydrogen-bond acceptors (Lipinski definition) is 10. The maximum Gasteiger partial charge on any atom is 0.309 e. The van der Waals surface area contributed by atoms with Crippen LogP contribution < -0.4 is 18.9 Å². The summed E-state index contributed by atoms with van der Waals surface area (Å²) in [5, 5.41) is 39.6. The Labute approximate surface area is 226 Å². The number of aromatic hydroxyl groups is 2. The fourth-order valence-electron chi connectivity index (χ4n) is 3.81. The largest absolute Gasteiger partial charge is 0.502 e. The molecule has 0 saturated carbocycles. The molecular formula is C28H34O11. The van der Waals surface area contributed by atoms with Crippen molar-refractivity contribution < 1.29 is 53.7 Å². The molecule has 0 aliphatic carbocycles. The fourth-order valence-corrected chi connectivity index (χ4v) is 3.81. The minimum absolute atomic E-state index is 0.113. The van der Waals surface area contributed by atoms with Gasteiger partial charge in [-0.05, 0) is 48.7 Å². The molecule has 212 valence electrons. The zero-order valence-corrected chi connectivity index (χ0v) is 22.5. The number of carbonyl (C=O) groups is 2. The Morgan fingerprint density at radius 3 is 1.97 bits per heavy atom. The summed E-state index contributed by atoms with van der Waals surface area (Å²) in [5.74, 6) is -1.41. The summed E-state index contributed by atoms with van der Waals surface area (Å²) in [6.07, 6.45) is 6.05. The first-order valence-electron chi connectivity index (χ1n) is 11.8. The van der Waals surface area contributed by atoms with Gasteiger partial charge in [0.2, 0.25) is 11.5 Å². The SMILES string of the molecule is COc1cc(/C=C/Cc2c(/C=C/COC(=O)C[C@@](C)(O)CC(=O)O)cc(OC)c(O)c2OC)cc(OC)c1O. The number of phenolic OH excluding ortho intramolecular Hbond substituents is 2. The molecule has 2 aromatic carbocycles. The molecule has 0 fully saturated rings. The molecule has 2 rings (SSSR count). The third-order valence-corrected chi connectivity index (χ3v) is 5.61. The van der Waals surface area contributed by atoms with E-state index in [1.54, 1.807) is 36.4 Å². The van der Waals surface area contributed by atoms with Gasteiger partial charge >= 0.3 is 11.9 Å². The van der Waals surface area contributed by atoms with Crippen molar-refractivity contribution in [3.63, 3.8) is 0 Å². The van der Waals surface area contributed by atoms with Gasteiger partial charge in [0, 0.05) is 5.56 Å². The predicted molar refractivity (Wildman–Crippen MR) is 143 cm³/mol. The minimum atomic E-state index is -1.73. The highest BCUT2D eigenvalue weighted by molar-refractivity contribution is 5.74. The lowest BCUT2D eigenvalue weighted by Gasteiger charge is -2.19. The number of ether oxygens (including phenoxy) is 5. The Morgan fingerprint density at radius 1 is 0.846 bits per heavy atom. The van der Waals surface area contributed by atoms with E-state index < -0.39 is 30.4 Å². The number of hydrogen-bond donors (Lipinski definition) is 4. The van der Waals surface area contributed by atoms with Gasteiger partial charge in [-0.2, -0.15) is 0 Å². The van der Waals surface area contributed by atoms with E-state index in [1.807, 2.05) is 6.08 Å². The van der Waals surface area contributed by atoms with Crippen molar-refractivity contribution in [2.75, 3.05) is 35.0 Å². The third-order valence-electron chi connectivity index (χ3n) is 5.61. The lowest BCUT2D eigenvalue weighted by molar-refractivity contribution is -0.150. The average Bonchev–Trinajstić information content (AvgIpc) is 2.87. The summed E-state index contributed by atoms with van der Waals surface area (Å²) in [6.45, 7) is 1.10. The fraction of sp³-hybridized carbons (Fsp3) is 0.357. The predicted octanol–water partition coefficient (Wildman–Crippen LogP) is 3.56. The van der Waals surface area contributed by atoms with Gasteiger partial charge in [-0.3, -0.25) is 9.59 Å². The maximum absolute atomic E-state index is 12.0. The van der Waals surface area contributed by atoms with Crippen molar-refractivity contribution >= 4 is 24.1 Å². The number of carboxylic acids is 1. The average molecular weight is 547 g/mol. The molecule has 0 heterocycles. The third kappa shape index (κ3) is 8.57. The molecule has 11 heteroatoms. The van der Waals surface area contributed by atoms with Gasteiger partial charge in [0.1, 0.15) is 6.61 Å². The second-order valence-electron chi connectivity index (χ2n) is 8.74. The molecule has 39 heavy (non-hydrogen) atoms. The summed E-state index contributed by atoms with van der Waals surface area (Å²) in [4.78, 5) is 22.8. The number of phenols is 2. The number of benzene rings is 2. The molecule has 0 aromatic heterocycles. The lowest BCUT2D eigenvalue weighted by atomic mass is 9.98. The Kier molecular flexibility index (Phi) is 11.0. The van der Waals surface area contributed by atoms with Crippen molar-refractivity contribution in [1.82, 2.24) is 0 Å². The zero-order valence-electron chi connectivity index (χ0n) is 22.5.